The second-order valence-electron chi connectivity index (χ2n) is 4.56. The fourth-order valence-electron chi connectivity index (χ4n) is 2.11. The molecule has 1 heterocycles. The molecular formula is C15H18FN3. The molecule has 0 aliphatic heterocycles. The molecule has 0 aliphatic rings. The highest BCUT2D eigenvalue weighted by Crippen LogP contribution is 2.23. The minimum absolute atomic E-state index is 0.00435. The summed E-state index contributed by atoms with van der Waals surface area (Å²) in [5, 5.41) is 3.12. The van der Waals surface area contributed by atoms with Gasteiger partial charge in [0.15, 0.2) is 11.6 Å². The molecule has 0 amide bonds. The van der Waals surface area contributed by atoms with E-state index in [4.69, 9.17) is 0 Å². The summed E-state index contributed by atoms with van der Waals surface area (Å²) in [6, 6.07) is 8.05. The summed E-state index contributed by atoms with van der Waals surface area (Å²) in [6.07, 6.45) is 1.95. The molecule has 2 rings (SSSR count). The molecule has 0 aliphatic carbocycles. The molecule has 1 N–H and O–H groups in total. The van der Waals surface area contributed by atoms with Gasteiger partial charge in [0.25, 0.3) is 0 Å². The third kappa shape index (κ3) is 2.89. The lowest BCUT2D eigenvalue weighted by molar-refractivity contribution is 0.594. The average molecular weight is 259 g/mol. The van der Waals surface area contributed by atoms with Crippen molar-refractivity contribution in [3.05, 3.63) is 53.2 Å². The number of halogens is 1. The largest absolute Gasteiger partial charge is 0.361 e. The van der Waals surface area contributed by atoms with Crippen molar-refractivity contribution in [1.29, 1.82) is 0 Å². The topological polar surface area (TPSA) is 37.8 Å². The number of aromatic nitrogens is 2. The van der Waals surface area contributed by atoms with Crippen molar-refractivity contribution >= 4 is 5.82 Å². The van der Waals surface area contributed by atoms with Crippen LogP contribution in [0.15, 0.2) is 30.6 Å². The highest BCUT2D eigenvalue weighted by molar-refractivity contribution is 5.42. The molecule has 3 nitrogen and oxygen atoms in total. The van der Waals surface area contributed by atoms with Gasteiger partial charge in [0, 0.05) is 0 Å². The Morgan fingerprint density at radius 3 is 2.68 bits per heavy atom. The third-order valence-corrected chi connectivity index (χ3v) is 3.20. The molecule has 1 aromatic heterocycles. The molecular weight excluding hydrogens is 241 g/mol. The highest BCUT2D eigenvalue weighted by Gasteiger charge is 2.13. The molecule has 2 aromatic rings. The van der Waals surface area contributed by atoms with Crippen LogP contribution in [0.1, 0.15) is 36.7 Å². The van der Waals surface area contributed by atoms with E-state index in [9.17, 15) is 4.39 Å². The van der Waals surface area contributed by atoms with E-state index < -0.39 is 0 Å². The van der Waals surface area contributed by atoms with Crippen LogP contribution in [0, 0.1) is 12.7 Å². The van der Waals surface area contributed by atoms with Crippen molar-refractivity contribution in [3.63, 3.8) is 0 Å². The Morgan fingerprint density at radius 1 is 1.26 bits per heavy atom. The van der Waals surface area contributed by atoms with Crippen LogP contribution in [0.25, 0.3) is 0 Å². The summed E-state index contributed by atoms with van der Waals surface area (Å²) in [5.41, 5.74) is 2.75. The second-order valence-corrected chi connectivity index (χ2v) is 4.56. The van der Waals surface area contributed by atoms with Crippen LogP contribution in [0.5, 0.6) is 0 Å². The smallest absolute Gasteiger partial charge is 0.186 e. The van der Waals surface area contributed by atoms with E-state index in [-0.39, 0.29) is 17.7 Å². The molecule has 1 aromatic carbocycles. The van der Waals surface area contributed by atoms with Gasteiger partial charge in [0.1, 0.15) is 6.33 Å². The third-order valence-electron chi connectivity index (χ3n) is 3.20. The van der Waals surface area contributed by atoms with Gasteiger partial charge in [-0.3, -0.25) is 0 Å². The Bertz CT molecular complexity index is 569. The Balaban J connectivity index is 2.24. The van der Waals surface area contributed by atoms with Gasteiger partial charge < -0.3 is 5.32 Å². The van der Waals surface area contributed by atoms with Crippen LogP contribution in [-0.4, -0.2) is 9.97 Å². The first-order valence-electron chi connectivity index (χ1n) is 6.45. The summed E-state index contributed by atoms with van der Waals surface area (Å²) in [6.45, 7) is 5.91. The van der Waals surface area contributed by atoms with Crippen LogP contribution in [0.2, 0.25) is 0 Å². The van der Waals surface area contributed by atoms with Gasteiger partial charge in [-0.15, -0.1) is 0 Å². The monoisotopic (exact) mass is 259 g/mol. The highest BCUT2D eigenvalue weighted by atomic mass is 19.1. The molecule has 1 unspecified atom stereocenters. The fourth-order valence-corrected chi connectivity index (χ4v) is 2.11. The SMILES string of the molecule is CCc1ncnc(NC(C)c2ccccc2C)c1F. The Labute approximate surface area is 112 Å². The van der Waals surface area contributed by atoms with Crippen molar-refractivity contribution in [2.24, 2.45) is 0 Å². The zero-order valence-electron chi connectivity index (χ0n) is 11.4. The normalized spacial score (nSPS) is 12.2. The molecule has 0 bridgehead atoms. The van der Waals surface area contributed by atoms with Gasteiger partial charge in [-0.25, -0.2) is 14.4 Å². The second kappa shape index (κ2) is 5.78. The van der Waals surface area contributed by atoms with Gasteiger partial charge >= 0.3 is 0 Å². The van der Waals surface area contributed by atoms with Gasteiger partial charge in [-0.05, 0) is 31.4 Å². The molecule has 4 heteroatoms. The van der Waals surface area contributed by atoms with Crippen LogP contribution in [0.4, 0.5) is 10.2 Å². The van der Waals surface area contributed by atoms with Crippen LogP contribution >= 0.6 is 0 Å². The zero-order chi connectivity index (χ0) is 13.8. The quantitative estimate of drug-likeness (QED) is 0.910. The first kappa shape index (κ1) is 13.5. The number of hydrogen-bond acceptors (Lipinski definition) is 3. The summed E-state index contributed by atoms with van der Waals surface area (Å²) >= 11 is 0. The molecule has 1 atom stereocenters. The summed E-state index contributed by atoms with van der Waals surface area (Å²) < 4.78 is 14.1. The Kier molecular flexibility index (Phi) is 4.10. The first-order chi connectivity index (χ1) is 9.13. The number of nitrogens with one attached hydrogen (secondary N) is 1. The number of hydrogen-bond donors (Lipinski definition) is 1. The van der Waals surface area contributed by atoms with Crippen LogP contribution in [-0.2, 0) is 6.42 Å². The Hall–Kier alpha value is -1.97. The van der Waals surface area contributed by atoms with E-state index in [1.165, 1.54) is 11.9 Å². The van der Waals surface area contributed by atoms with Crippen molar-refractivity contribution in [2.45, 2.75) is 33.2 Å². The number of nitrogens with zero attached hydrogens (tertiary/aromatic N) is 2. The van der Waals surface area contributed by atoms with Gasteiger partial charge in [0.2, 0.25) is 0 Å². The molecule has 0 radical (unpaired) electrons. The number of benzene rings is 1. The van der Waals surface area contributed by atoms with Crippen LogP contribution in [0.3, 0.4) is 0 Å². The van der Waals surface area contributed by atoms with E-state index in [0.717, 1.165) is 5.56 Å². The van der Waals surface area contributed by atoms with E-state index in [0.29, 0.717) is 12.1 Å². The molecule has 100 valence electrons. The lowest BCUT2D eigenvalue weighted by Crippen LogP contribution is -2.12. The fraction of sp³-hybridized carbons (Fsp3) is 0.333. The Morgan fingerprint density at radius 2 is 2.00 bits per heavy atom. The first-order valence-corrected chi connectivity index (χ1v) is 6.45. The summed E-state index contributed by atoms with van der Waals surface area (Å²) in [5.74, 6) is -0.0898. The molecule has 0 saturated heterocycles. The van der Waals surface area contributed by atoms with Crippen molar-refractivity contribution in [3.8, 4) is 0 Å². The predicted molar refractivity (Wildman–Crippen MR) is 74.6 cm³/mol. The minimum Gasteiger partial charge on any atom is -0.361 e. The lowest BCUT2D eigenvalue weighted by Gasteiger charge is -2.17. The van der Waals surface area contributed by atoms with E-state index in [2.05, 4.69) is 15.3 Å². The predicted octanol–water partition coefficient (Wildman–Crippen LogP) is 3.66. The summed E-state index contributed by atoms with van der Waals surface area (Å²) in [4.78, 5) is 7.91. The zero-order valence-corrected chi connectivity index (χ0v) is 11.4. The standard InChI is InChI=1S/C15H18FN3/c1-4-13-14(16)15(18-9-17-13)19-11(3)12-8-6-5-7-10(12)2/h5-9,11H,4H2,1-3H3,(H,17,18,19). The number of anilines is 1. The number of rotatable bonds is 4. The van der Waals surface area contributed by atoms with Crippen molar-refractivity contribution in [1.82, 2.24) is 9.97 Å². The molecule has 0 saturated carbocycles. The van der Waals surface area contributed by atoms with E-state index in [1.54, 1.807) is 0 Å². The molecule has 0 spiro atoms. The van der Waals surface area contributed by atoms with Crippen molar-refractivity contribution in [2.75, 3.05) is 5.32 Å². The molecule has 0 fully saturated rings. The number of aryl methyl sites for hydroxylation is 2. The van der Waals surface area contributed by atoms with Gasteiger partial charge in [0.05, 0.1) is 11.7 Å². The molecule has 19 heavy (non-hydrogen) atoms. The average Bonchev–Trinajstić information content (AvgIpc) is 2.41. The maximum absolute atomic E-state index is 14.1. The lowest BCUT2D eigenvalue weighted by atomic mass is 10.0. The summed E-state index contributed by atoms with van der Waals surface area (Å²) in [7, 11) is 0. The van der Waals surface area contributed by atoms with Crippen LogP contribution < -0.4 is 5.32 Å². The minimum atomic E-state index is -0.356. The van der Waals surface area contributed by atoms with Crippen molar-refractivity contribution < 1.29 is 4.39 Å². The van der Waals surface area contributed by atoms with E-state index >= 15 is 0 Å². The van der Waals surface area contributed by atoms with Gasteiger partial charge in [-0.2, -0.15) is 0 Å². The maximum atomic E-state index is 14.1. The van der Waals surface area contributed by atoms with E-state index in [1.807, 2.05) is 45.0 Å². The van der Waals surface area contributed by atoms with Gasteiger partial charge in [-0.1, -0.05) is 31.2 Å². The maximum Gasteiger partial charge on any atom is 0.186 e.